The lowest BCUT2D eigenvalue weighted by molar-refractivity contribution is -0.122. The van der Waals surface area contributed by atoms with E-state index in [0.717, 1.165) is 6.42 Å². The fraction of sp³-hybridized carbons (Fsp3) is 0.235. The fourth-order valence-corrected chi connectivity index (χ4v) is 2.34. The molecule has 1 N–H and O–H groups in total. The molecule has 2 rings (SSSR count). The van der Waals surface area contributed by atoms with Crippen molar-refractivity contribution in [3.8, 4) is 5.75 Å². The second-order valence-corrected chi connectivity index (χ2v) is 5.71. The van der Waals surface area contributed by atoms with Gasteiger partial charge in [0.1, 0.15) is 5.75 Å². The predicted octanol–water partition coefficient (Wildman–Crippen LogP) is 4.96. The summed E-state index contributed by atoms with van der Waals surface area (Å²) in [6.07, 6.45) is 0.324. The molecule has 116 valence electrons. The standard InChI is InChI=1S/C17H17Cl2NO2/c1-3-12-4-7-14(8-5-12)22-11(2)17(21)20-16-9-6-13(18)10-15(16)19/h4-11H,3H2,1-2H3,(H,20,21)/t11-/m0/s1. The molecule has 22 heavy (non-hydrogen) atoms. The maximum absolute atomic E-state index is 12.1. The van der Waals surface area contributed by atoms with E-state index in [1.54, 1.807) is 25.1 Å². The predicted molar refractivity (Wildman–Crippen MR) is 91.0 cm³/mol. The van der Waals surface area contributed by atoms with Crippen LogP contribution in [0.4, 0.5) is 5.69 Å². The number of benzene rings is 2. The molecule has 0 saturated carbocycles. The number of anilines is 1. The van der Waals surface area contributed by atoms with Crippen molar-refractivity contribution in [2.75, 3.05) is 5.32 Å². The third-order valence-electron chi connectivity index (χ3n) is 3.20. The fourth-order valence-electron chi connectivity index (χ4n) is 1.89. The summed E-state index contributed by atoms with van der Waals surface area (Å²) < 4.78 is 5.63. The highest BCUT2D eigenvalue weighted by Gasteiger charge is 2.16. The molecule has 0 radical (unpaired) electrons. The van der Waals surface area contributed by atoms with Gasteiger partial charge in [0.15, 0.2) is 6.10 Å². The number of nitrogens with one attached hydrogen (secondary N) is 1. The third kappa shape index (κ3) is 4.39. The molecule has 0 unspecified atom stereocenters. The van der Waals surface area contributed by atoms with Crippen molar-refractivity contribution in [1.29, 1.82) is 0 Å². The first-order chi connectivity index (χ1) is 10.5. The van der Waals surface area contributed by atoms with E-state index in [-0.39, 0.29) is 5.91 Å². The Labute approximate surface area is 140 Å². The highest BCUT2D eigenvalue weighted by molar-refractivity contribution is 6.36. The van der Waals surface area contributed by atoms with Gasteiger partial charge in [-0.05, 0) is 49.2 Å². The molecule has 1 atom stereocenters. The summed E-state index contributed by atoms with van der Waals surface area (Å²) in [6.45, 7) is 3.77. The van der Waals surface area contributed by atoms with E-state index < -0.39 is 6.10 Å². The van der Waals surface area contributed by atoms with E-state index >= 15 is 0 Å². The molecule has 5 heteroatoms. The number of ether oxygens (including phenoxy) is 1. The number of hydrogen-bond acceptors (Lipinski definition) is 2. The number of rotatable bonds is 5. The molecule has 2 aromatic carbocycles. The van der Waals surface area contributed by atoms with Gasteiger partial charge in [0.2, 0.25) is 0 Å². The van der Waals surface area contributed by atoms with Crippen molar-refractivity contribution in [3.63, 3.8) is 0 Å². The van der Waals surface area contributed by atoms with E-state index in [0.29, 0.717) is 21.5 Å². The minimum Gasteiger partial charge on any atom is -0.481 e. The first-order valence-electron chi connectivity index (χ1n) is 7.01. The van der Waals surface area contributed by atoms with Crippen molar-refractivity contribution >= 4 is 34.8 Å². The van der Waals surface area contributed by atoms with Crippen LogP contribution in [0, 0.1) is 0 Å². The zero-order valence-electron chi connectivity index (χ0n) is 12.4. The first kappa shape index (κ1) is 16.7. The Kier molecular flexibility index (Phi) is 5.69. The zero-order valence-corrected chi connectivity index (χ0v) is 13.9. The van der Waals surface area contributed by atoms with Crippen LogP contribution in [0.15, 0.2) is 42.5 Å². The molecule has 0 bridgehead atoms. The third-order valence-corrected chi connectivity index (χ3v) is 3.75. The summed E-state index contributed by atoms with van der Waals surface area (Å²) in [6, 6.07) is 12.6. The Bertz CT molecular complexity index is 656. The van der Waals surface area contributed by atoms with Crippen LogP contribution >= 0.6 is 23.2 Å². The van der Waals surface area contributed by atoms with Crippen molar-refractivity contribution in [1.82, 2.24) is 0 Å². The van der Waals surface area contributed by atoms with Gasteiger partial charge in [-0.3, -0.25) is 4.79 Å². The van der Waals surface area contributed by atoms with Gasteiger partial charge >= 0.3 is 0 Å². The minimum absolute atomic E-state index is 0.274. The maximum atomic E-state index is 12.1. The summed E-state index contributed by atoms with van der Waals surface area (Å²) in [5.41, 5.74) is 1.73. The van der Waals surface area contributed by atoms with Crippen LogP contribution in [0.1, 0.15) is 19.4 Å². The maximum Gasteiger partial charge on any atom is 0.265 e. The first-order valence-corrected chi connectivity index (χ1v) is 7.76. The number of aryl methyl sites for hydroxylation is 1. The van der Waals surface area contributed by atoms with Crippen LogP contribution in [0.2, 0.25) is 10.0 Å². The van der Waals surface area contributed by atoms with E-state index in [1.807, 2.05) is 24.3 Å². The van der Waals surface area contributed by atoms with Crippen LogP contribution < -0.4 is 10.1 Å². The minimum atomic E-state index is -0.640. The molecule has 0 aliphatic rings. The van der Waals surface area contributed by atoms with Gasteiger partial charge in [0.05, 0.1) is 10.7 Å². The number of hydrogen-bond donors (Lipinski definition) is 1. The molecule has 0 aromatic heterocycles. The largest absolute Gasteiger partial charge is 0.481 e. The average molecular weight is 338 g/mol. The Morgan fingerprint density at radius 3 is 2.45 bits per heavy atom. The summed E-state index contributed by atoms with van der Waals surface area (Å²) in [4.78, 5) is 12.1. The normalized spacial score (nSPS) is 11.8. The van der Waals surface area contributed by atoms with Gasteiger partial charge in [0, 0.05) is 5.02 Å². The molecule has 0 saturated heterocycles. The lowest BCUT2D eigenvalue weighted by Crippen LogP contribution is -2.30. The highest BCUT2D eigenvalue weighted by atomic mass is 35.5. The second kappa shape index (κ2) is 7.52. The van der Waals surface area contributed by atoms with Crippen molar-refractivity contribution in [3.05, 3.63) is 58.1 Å². The Hall–Kier alpha value is -1.71. The Morgan fingerprint density at radius 2 is 1.86 bits per heavy atom. The van der Waals surface area contributed by atoms with Gasteiger partial charge in [-0.2, -0.15) is 0 Å². The summed E-state index contributed by atoms with van der Waals surface area (Å²) in [5, 5.41) is 3.63. The van der Waals surface area contributed by atoms with Gasteiger partial charge in [-0.25, -0.2) is 0 Å². The molecule has 0 aliphatic heterocycles. The van der Waals surface area contributed by atoms with Gasteiger partial charge < -0.3 is 10.1 Å². The van der Waals surface area contributed by atoms with E-state index in [1.165, 1.54) is 5.56 Å². The van der Waals surface area contributed by atoms with E-state index in [4.69, 9.17) is 27.9 Å². The summed E-state index contributed by atoms with van der Waals surface area (Å²) in [7, 11) is 0. The van der Waals surface area contributed by atoms with Gasteiger partial charge in [0.25, 0.3) is 5.91 Å². The lowest BCUT2D eigenvalue weighted by atomic mass is 10.2. The Balaban J connectivity index is 1.99. The quantitative estimate of drug-likeness (QED) is 0.837. The number of amides is 1. The van der Waals surface area contributed by atoms with Crippen LogP contribution in [0.25, 0.3) is 0 Å². The van der Waals surface area contributed by atoms with Gasteiger partial charge in [-0.1, -0.05) is 42.3 Å². The lowest BCUT2D eigenvalue weighted by Gasteiger charge is -2.15. The molecule has 0 spiro atoms. The smallest absolute Gasteiger partial charge is 0.265 e. The van der Waals surface area contributed by atoms with Gasteiger partial charge in [-0.15, -0.1) is 0 Å². The molecular weight excluding hydrogens is 321 g/mol. The van der Waals surface area contributed by atoms with Crippen LogP contribution in [0.5, 0.6) is 5.75 Å². The molecule has 1 amide bonds. The van der Waals surface area contributed by atoms with Crippen LogP contribution in [-0.4, -0.2) is 12.0 Å². The number of halogens is 2. The number of carbonyl (C=O) groups is 1. The molecule has 3 nitrogen and oxygen atoms in total. The summed E-state index contributed by atoms with van der Waals surface area (Å²) in [5.74, 6) is 0.380. The SMILES string of the molecule is CCc1ccc(O[C@@H](C)C(=O)Nc2ccc(Cl)cc2Cl)cc1. The van der Waals surface area contributed by atoms with Crippen molar-refractivity contribution in [2.45, 2.75) is 26.4 Å². The molecule has 0 fully saturated rings. The van der Waals surface area contributed by atoms with Crippen LogP contribution in [0.3, 0.4) is 0 Å². The topological polar surface area (TPSA) is 38.3 Å². The average Bonchev–Trinajstić information content (AvgIpc) is 2.50. The van der Waals surface area contributed by atoms with Crippen molar-refractivity contribution < 1.29 is 9.53 Å². The second-order valence-electron chi connectivity index (χ2n) is 4.87. The van der Waals surface area contributed by atoms with Crippen molar-refractivity contribution in [2.24, 2.45) is 0 Å². The summed E-state index contributed by atoms with van der Waals surface area (Å²) >= 11 is 11.9. The Morgan fingerprint density at radius 1 is 1.18 bits per heavy atom. The molecule has 0 heterocycles. The van der Waals surface area contributed by atoms with E-state index in [9.17, 15) is 4.79 Å². The molecule has 2 aromatic rings. The number of carbonyl (C=O) groups excluding carboxylic acids is 1. The van der Waals surface area contributed by atoms with E-state index in [2.05, 4.69) is 12.2 Å². The molecular formula is C17H17Cl2NO2. The highest BCUT2D eigenvalue weighted by Crippen LogP contribution is 2.25. The monoisotopic (exact) mass is 337 g/mol. The zero-order chi connectivity index (χ0) is 16.1. The molecule has 0 aliphatic carbocycles. The van der Waals surface area contributed by atoms with Crippen LogP contribution in [-0.2, 0) is 11.2 Å².